The molecule has 3 aliphatic heterocycles. The monoisotopic (exact) mass is 327 g/mol. The number of rotatable bonds is 2. The Kier molecular flexibility index (Phi) is 4.04. The molecule has 21 heavy (non-hydrogen) atoms. The third-order valence-corrected chi connectivity index (χ3v) is 5.21. The van der Waals surface area contributed by atoms with Gasteiger partial charge in [0.2, 0.25) is 0 Å². The molecule has 6 heteroatoms. The maximum absolute atomic E-state index is 6.13. The van der Waals surface area contributed by atoms with Gasteiger partial charge in [-0.1, -0.05) is 16.8 Å². The van der Waals surface area contributed by atoms with Crippen molar-refractivity contribution in [3.05, 3.63) is 22.7 Å². The molecule has 4 nitrogen and oxygen atoms in total. The first-order valence-corrected chi connectivity index (χ1v) is 7.63. The molecular weight excluding hydrogens is 309 g/mol. The van der Waals surface area contributed by atoms with Gasteiger partial charge in [0.15, 0.2) is 11.4 Å². The van der Waals surface area contributed by atoms with Crippen LogP contribution in [0.3, 0.4) is 0 Å². The predicted octanol–water partition coefficient (Wildman–Crippen LogP) is 3.72. The number of nitrogens with zero attached hydrogens (tertiary/aromatic N) is 2. The van der Waals surface area contributed by atoms with Gasteiger partial charge in [-0.2, -0.15) is 0 Å². The molecule has 1 aromatic heterocycles. The molecule has 0 unspecified atom stereocenters. The van der Waals surface area contributed by atoms with E-state index < -0.39 is 0 Å². The number of benzene rings is 1. The maximum atomic E-state index is 6.13. The van der Waals surface area contributed by atoms with Crippen molar-refractivity contribution >= 4 is 40.8 Å². The minimum absolute atomic E-state index is 0. The van der Waals surface area contributed by atoms with Crippen molar-refractivity contribution in [2.45, 2.75) is 25.8 Å². The average Bonchev–Trinajstić information content (AvgIpc) is 2.88. The van der Waals surface area contributed by atoms with Crippen molar-refractivity contribution in [2.75, 3.05) is 25.0 Å². The van der Waals surface area contributed by atoms with Gasteiger partial charge < -0.3 is 14.7 Å². The Hall–Kier alpha value is -0.970. The largest absolute Gasteiger partial charge is 0.362 e. The van der Waals surface area contributed by atoms with Gasteiger partial charge in [0.25, 0.3) is 0 Å². The van der Waals surface area contributed by atoms with Crippen molar-refractivity contribution in [3.63, 3.8) is 0 Å². The summed E-state index contributed by atoms with van der Waals surface area (Å²) in [5, 5.41) is 9.56. The molecule has 114 valence electrons. The minimum atomic E-state index is 0. The lowest BCUT2D eigenvalue weighted by atomic mass is 9.84. The summed E-state index contributed by atoms with van der Waals surface area (Å²) in [6.45, 7) is 5.58. The molecule has 0 aliphatic carbocycles. The van der Waals surface area contributed by atoms with Gasteiger partial charge in [0.05, 0.1) is 5.39 Å². The third-order valence-electron chi connectivity index (χ3n) is 4.80. The van der Waals surface area contributed by atoms with Crippen molar-refractivity contribution in [3.8, 4) is 0 Å². The van der Waals surface area contributed by atoms with E-state index in [1.807, 2.05) is 19.1 Å². The van der Waals surface area contributed by atoms with Crippen molar-refractivity contribution < 1.29 is 4.52 Å². The van der Waals surface area contributed by atoms with Crippen LogP contribution < -0.4 is 5.32 Å². The molecule has 0 amide bonds. The van der Waals surface area contributed by atoms with E-state index in [0.29, 0.717) is 6.04 Å². The van der Waals surface area contributed by atoms with E-state index in [-0.39, 0.29) is 12.4 Å². The fourth-order valence-corrected chi connectivity index (χ4v) is 3.67. The zero-order valence-electron chi connectivity index (χ0n) is 11.9. The molecule has 5 rings (SSSR count). The second-order valence-corrected chi connectivity index (χ2v) is 6.38. The number of anilines is 1. The van der Waals surface area contributed by atoms with Crippen LogP contribution in [-0.4, -0.2) is 35.7 Å². The molecular formula is C15H19Cl2N3O. The number of hydrogen-bond donors (Lipinski definition) is 1. The van der Waals surface area contributed by atoms with Gasteiger partial charge >= 0.3 is 0 Å². The number of aryl methyl sites for hydroxylation is 1. The SMILES string of the molecule is Cc1c(Cl)ccc2c(N[C@H]3CN4CCC3CC4)noc12.Cl. The first-order chi connectivity index (χ1) is 9.72. The van der Waals surface area contributed by atoms with E-state index in [2.05, 4.69) is 15.4 Å². The molecule has 1 atom stereocenters. The number of halogens is 2. The quantitative estimate of drug-likeness (QED) is 0.912. The van der Waals surface area contributed by atoms with E-state index in [9.17, 15) is 0 Å². The lowest BCUT2D eigenvalue weighted by Gasteiger charge is -2.44. The Morgan fingerprint density at radius 2 is 2.10 bits per heavy atom. The van der Waals surface area contributed by atoms with E-state index >= 15 is 0 Å². The number of nitrogens with one attached hydrogen (secondary N) is 1. The number of fused-ring (bicyclic) bond motifs is 4. The second-order valence-electron chi connectivity index (χ2n) is 5.97. The Balaban J connectivity index is 0.00000132. The summed E-state index contributed by atoms with van der Waals surface area (Å²) in [4.78, 5) is 2.53. The van der Waals surface area contributed by atoms with Crippen LogP contribution in [0, 0.1) is 12.8 Å². The van der Waals surface area contributed by atoms with Crippen molar-refractivity contribution in [1.82, 2.24) is 10.1 Å². The molecule has 1 aromatic carbocycles. The summed E-state index contributed by atoms with van der Waals surface area (Å²) in [6, 6.07) is 4.39. The Morgan fingerprint density at radius 1 is 1.33 bits per heavy atom. The molecule has 3 aliphatic rings. The first kappa shape index (κ1) is 14.9. The Bertz CT molecular complexity index is 650. The average molecular weight is 328 g/mol. The standard InChI is InChI=1S/C15H18ClN3O.ClH/c1-9-12(16)3-2-11-14(9)20-18-15(11)17-13-8-19-6-4-10(13)5-7-19;/h2-3,10,13H,4-8H2,1H3,(H,17,18);1H/t13-;/m0./s1. The van der Waals surface area contributed by atoms with Crippen LogP contribution in [-0.2, 0) is 0 Å². The van der Waals surface area contributed by atoms with Crippen LogP contribution in [0.15, 0.2) is 16.7 Å². The van der Waals surface area contributed by atoms with Crippen LogP contribution in [0.25, 0.3) is 11.0 Å². The van der Waals surface area contributed by atoms with Crippen LogP contribution >= 0.6 is 24.0 Å². The van der Waals surface area contributed by atoms with E-state index in [1.54, 1.807) is 0 Å². The zero-order chi connectivity index (χ0) is 13.7. The summed E-state index contributed by atoms with van der Waals surface area (Å²) < 4.78 is 5.47. The minimum Gasteiger partial charge on any atom is -0.362 e. The van der Waals surface area contributed by atoms with Gasteiger partial charge in [0, 0.05) is 23.2 Å². The Morgan fingerprint density at radius 3 is 2.76 bits per heavy atom. The van der Waals surface area contributed by atoms with Gasteiger partial charge in [-0.15, -0.1) is 12.4 Å². The summed E-state index contributed by atoms with van der Waals surface area (Å²) in [7, 11) is 0. The van der Waals surface area contributed by atoms with E-state index in [4.69, 9.17) is 16.1 Å². The second kappa shape index (κ2) is 5.67. The number of aromatic nitrogens is 1. The topological polar surface area (TPSA) is 41.3 Å². The first-order valence-electron chi connectivity index (χ1n) is 7.26. The molecule has 0 radical (unpaired) electrons. The van der Waals surface area contributed by atoms with Crippen LogP contribution in [0.2, 0.25) is 5.02 Å². The normalized spacial score (nSPS) is 27.6. The highest BCUT2D eigenvalue weighted by molar-refractivity contribution is 6.32. The van der Waals surface area contributed by atoms with Crippen molar-refractivity contribution in [1.29, 1.82) is 0 Å². The van der Waals surface area contributed by atoms with Crippen LogP contribution in [0.4, 0.5) is 5.82 Å². The third kappa shape index (κ3) is 2.50. The Labute approximate surface area is 135 Å². The van der Waals surface area contributed by atoms with Gasteiger partial charge in [-0.05, 0) is 50.9 Å². The zero-order valence-corrected chi connectivity index (χ0v) is 13.5. The number of hydrogen-bond acceptors (Lipinski definition) is 4. The maximum Gasteiger partial charge on any atom is 0.177 e. The molecule has 1 N–H and O–H groups in total. The lowest BCUT2D eigenvalue weighted by molar-refractivity contribution is 0.0973. The van der Waals surface area contributed by atoms with Gasteiger partial charge in [0.1, 0.15) is 0 Å². The van der Waals surface area contributed by atoms with Crippen LogP contribution in [0.1, 0.15) is 18.4 Å². The van der Waals surface area contributed by atoms with E-state index in [0.717, 1.165) is 39.8 Å². The van der Waals surface area contributed by atoms with Gasteiger partial charge in [-0.3, -0.25) is 0 Å². The molecule has 0 spiro atoms. The molecule has 3 saturated heterocycles. The van der Waals surface area contributed by atoms with Gasteiger partial charge in [-0.25, -0.2) is 0 Å². The smallest absolute Gasteiger partial charge is 0.177 e. The number of piperidine rings is 3. The molecule has 3 fully saturated rings. The highest BCUT2D eigenvalue weighted by Crippen LogP contribution is 2.33. The summed E-state index contributed by atoms with van der Waals surface area (Å²) in [5.41, 5.74) is 1.75. The highest BCUT2D eigenvalue weighted by atomic mass is 35.5. The fourth-order valence-electron chi connectivity index (χ4n) is 3.52. The summed E-state index contributed by atoms with van der Waals surface area (Å²) in [5.74, 6) is 1.62. The highest BCUT2D eigenvalue weighted by Gasteiger charge is 2.34. The molecule has 2 bridgehead atoms. The van der Waals surface area contributed by atoms with Crippen LogP contribution in [0.5, 0.6) is 0 Å². The molecule has 2 aromatic rings. The fraction of sp³-hybridized carbons (Fsp3) is 0.533. The predicted molar refractivity (Wildman–Crippen MR) is 87.6 cm³/mol. The summed E-state index contributed by atoms with van der Waals surface area (Å²) >= 11 is 6.13. The lowest BCUT2D eigenvalue weighted by Crippen LogP contribution is -2.53. The molecule has 4 heterocycles. The van der Waals surface area contributed by atoms with Crippen molar-refractivity contribution in [2.24, 2.45) is 5.92 Å². The summed E-state index contributed by atoms with van der Waals surface area (Å²) in [6.07, 6.45) is 2.58. The van der Waals surface area contributed by atoms with E-state index in [1.165, 1.54) is 25.9 Å². The molecule has 0 saturated carbocycles.